The predicted molar refractivity (Wildman–Crippen MR) is 101 cm³/mol. The molecule has 0 saturated carbocycles. The molecule has 0 aliphatic rings. The lowest BCUT2D eigenvalue weighted by atomic mass is 9.89. The summed E-state index contributed by atoms with van der Waals surface area (Å²) in [7, 11) is 0. The Bertz CT molecular complexity index is 1310. The maximum absolute atomic E-state index is 9.92. The van der Waals surface area contributed by atoms with Crippen LogP contribution >= 0.6 is 0 Å². The van der Waals surface area contributed by atoms with Crippen molar-refractivity contribution in [2.24, 2.45) is 0 Å². The zero-order valence-corrected chi connectivity index (χ0v) is 13.0. The molecule has 0 N–H and O–H groups in total. The fourth-order valence-electron chi connectivity index (χ4n) is 3.84. The lowest BCUT2D eigenvalue weighted by Crippen LogP contribution is -1.88. The molecule has 0 fully saturated rings. The van der Waals surface area contributed by atoms with Crippen molar-refractivity contribution in [2.75, 3.05) is 0 Å². The van der Waals surface area contributed by atoms with E-state index in [0.717, 1.165) is 32.5 Å². The Morgan fingerprint density at radius 1 is 0.542 bits per heavy atom. The standard InChI is InChI=1S/C23H13N/c24-14-22-16-8-2-1-7-15(16)13-21-19-11-4-3-9-17(19)18-10-5-6-12-20(18)23(21)22/h1-13H. The second-order valence-corrected chi connectivity index (χ2v) is 6.10. The van der Waals surface area contributed by atoms with Crippen LogP contribution in [0.5, 0.6) is 0 Å². The van der Waals surface area contributed by atoms with Gasteiger partial charge < -0.3 is 0 Å². The van der Waals surface area contributed by atoms with E-state index in [1.165, 1.54) is 16.2 Å². The average molecular weight is 303 g/mol. The Hall–Kier alpha value is -3.37. The second-order valence-electron chi connectivity index (χ2n) is 6.10. The first-order valence-electron chi connectivity index (χ1n) is 8.03. The van der Waals surface area contributed by atoms with Crippen molar-refractivity contribution in [3.8, 4) is 6.07 Å². The van der Waals surface area contributed by atoms with E-state index in [-0.39, 0.29) is 0 Å². The molecule has 0 bridgehead atoms. The van der Waals surface area contributed by atoms with Gasteiger partial charge in [-0.3, -0.25) is 0 Å². The Morgan fingerprint density at radius 3 is 1.71 bits per heavy atom. The minimum absolute atomic E-state index is 0.769. The molecule has 0 saturated heterocycles. The molecule has 0 aliphatic carbocycles. The van der Waals surface area contributed by atoms with Crippen molar-refractivity contribution >= 4 is 43.1 Å². The second kappa shape index (κ2) is 4.81. The van der Waals surface area contributed by atoms with Crippen LogP contribution in [-0.4, -0.2) is 0 Å². The van der Waals surface area contributed by atoms with Crippen molar-refractivity contribution < 1.29 is 0 Å². The summed E-state index contributed by atoms with van der Waals surface area (Å²) in [6, 6.07) is 29.7. The first-order valence-corrected chi connectivity index (χ1v) is 8.03. The number of rotatable bonds is 0. The third kappa shape index (κ3) is 1.63. The molecule has 0 amide bonds. The van der Waals surface area contributed by atoms with Gasteiger partial charge in [0.05, 0.1) is 5.56 Å². The zero-order valence-electron chi connectivity index (χ0n) is 13.0. The van der Waals surface area contributed by atoms with Gasteiger partial charge >= 0.3 is 0 Å². The van der Waals surface area contributed by atoms with E-state index in [1.807, 2.05) is 24.3 Å². The summed E-state index contributed by atoms with van der Waals surface area (Å²) >= 11 is 0. The van der Waals surface area contributed by atoms with Gasteiger partial charge in [0.15, 0.2) is 0 Å². The van der Waals surface area contributed by atoms with Crippen LogP contribution in [0.3, 0.4) is 0 Å². The molecule has 0 atom stereocenters. The van der Waals surface area contributed by atoms with Gasteiger partial charge in [0.1, 0.15) is 6.07 Å². The molecule has 24 heavy (non-hydrogen) atoms. The van der Waals surface area contributed by atoms with Gasteiger partial charge in [-0.1, -0.05) is 72.8 Å². The van der Waals surface area contributed by atoms with E-state index in [9.17, 15) is 5.26 Å². The van der Waals surface area contributed by atoms with E-state index in [0.29, 0.717) is 0 Å². The first kappa shape index (κ1) is 13.1. The van der Waals surface area contributed by atoms with Crippen LogP contribution in [0.2, 0.25) is 0 Å². The van der Waals surface area contributed by atoms with Crippen molar-refractivity contribution in [3.63, 3.8) is 0 Å². The summed E-state index contributed by atoms with van der Waals surface area (Å²) in [6.07, 6.45) is 0. The number of nitriles is 1. The fraction of sp³-hybridized carbons (Fsp3) is 0. The maximum Gasteiger partial charge on any atom is 0.100 e. The number of nitrogens with zero attached hydrogens (tertiary/aromatic N) is 1. The third-order valence-electron chi connectivity index (χ3n) is 4.86. The van der Waals surface area contributed by atoms with Crippen LogP contribution in [0.4, 0.5) is 0 Å². The Balaban J connectivity index is 2.24. The highest BCUT2D eigenvalue weighted by atomic mass is 14.3. The Morgan fingerprint density at radius 2 is 1.04 bits per heavy atom. The highest BCUT2D eigenvalue weighted by molar-refractivity contribution is 6.29. The van der Waals surface area contributed by atoms with Gasteiger partial charge in [-0.15, -0.1) is 0 Å². The highest BCUT2D eigenvalue weighted by Gasteiger charge is 2.14. The largest absolute Gasteiger partial charge is 0.192 e. The molecule has 1 nitrogen and oxygen atoms in total. The quantitative estimate of drug-likeness (QED) is 0.248. The summed E-state index contributed by atoms with van der Waals surface area (Å²) in [5, 5.41) is 19.0. The molecule has 1 heteroatoms. The number of hydrogen-bond acceptors (Lipinski definition) is 1. The minimum atomic E-state index is 0.769. The number of fused-ring (bicyclic) bond motifs is 7. The van der Waals surface area contributed by atoms with Crippen LogP contribution < -0.4 is 0 Å². The molecule has 0 aliphatic heterocycles. The Labute approximate surface area is 139 Å². The molecular weight excluding hydrogens is 290 g/mol. The predicted octanol–water partition coefficient (Wildman–Crippen LogP) is 6.17. The molecule has 110 valence electrons. The molecule has 5 aromatic rings. The van der Waals surface area contributed by atoms with Gasteiger partial charge in [-0.2, -0.15) is 5.26 Å². The molecule has 0 aromatic heterocycles. The van der Waals surface area contributed by atoms with Crippen molar-refractivity contribution in [3.05, 3.63) is 84.4 Å². The third-order valence-corrected chi connectivity index (χ3v) is 4.86. The lowest BCUT2D eigenvalue weighted by Gasteiger charge is -2.13. The van der Waals surface area contributed by atoms with E-state index >= 15 is 0 Å². The van der Waals surface area contributed by atoms with Gasteiger partial charge in [0.2, 0.25) is 0 Å². The Kier molecular flexibility index (Phi) is 2.63. The summed E-state index contributed by atoms with van der Waals surface area (Å²) in [5.74, 6) is 0. The average Bonchev–Trinajstić information content (AvgIpc) is 2.66. The SMILES string of the molecule is N#Cc1c2ccccc2cc2c3ccccc3c3ccccc3c12. The van der Waals surface area contributed by atoms with E-state index in [1.54, 1.807) is 0 Å². The molecule has 0 spiro atoms. The van der Waals surface area contributed by atoms with Crippen LogP contribution in [0.1, 0.15) is 5.56 Å². The highest BCUT2D eigenvalue weighted by Crippen LogP contribution is 2.39. The van der Waals surface area contributed by atoms with Crippen LogP contribution in [0.15, 0.2) is 78.9 Å². The van der Waals surface area contributed by atoms with Crippen molar-refractivity contribution in [2.45, 2.75) is 0 Å². The van der Waals surface area contributed by atoms with Crippen LogP contribution in [-0.2, 0) is 0 Å². The van der Waals surface area contributed by atoms with E-state index < -0.39 is 0 Å². The summed E-state index contributed by atoms with van der Waals surface area (Å²) in [4.78, 5) is 0. The van der Waals surface area contributed by atoms with Gasteiger partial charge in [0.25, 0.3) is 0 Å². The van der Waals surface area contributed by atoms with Gasteiger partial charge in [-0.25, -0.2) is 0 Å². The molecule has 5 aromatic carbocycles. The normalized spacial score (nSPS) is 11.3. The molecule has 5 rings (SSSR count). The molecule has 0 unspecified atom stereocenters. The first-order chi connectivity index (χ1) is 11.9. The monoisotopic (exact) mass is 303 g/mol. The van der Waals surface area contributed by atoms with Crippen LogP contribution in [0, 0.1) is 11.3 Å². The lowest BCUT2D eigenvalue weighted by molar-refractivity contribution is 1.52. The van der Waals surface area contributed by atoms with E-state index in [2.05, 4.69) is 60.7 Å². The summed E-state index contributed by atoms with van der Waals surface area (Å²) < 4.78 is 0. The maximum atomic E-state index is 9.92. The van der Waals surface area contributed by atoms with Crippen LogP contribution in [0.25, 0.3) is 43.1 Å². The molecule has 0 heterocycles. The van der Waals surface area contributed by atoms with E-state index in [4.69, 9.17) is 0 Å². The number of benzene rings is 5. The number of hydrogen-bond donors (Lipinski definition) is 0. The smallest absolute Gasteiger partial charge is 0.100 e. The van der Waals surface area contributed by atoms with Gasteiger partial charge in [-0.05, 0) is 38.4 Å². The molecule has 0 radical (unpaired) electrons. The van der Waals surface area contributed by atoms with Crippen molar-refractivity contribution in [1.29, 1.82) is 5.26 Å². The molecular formula is C23H13N. The summed E-state index contributed by atoms with van der Waals surface area (Å²) in [5.41, 5.74) is 0.769. The minimum Gasteiger partial charge on any atom is -0.192 e. The fourth-order valence-corrected chi connectivity index (χ4v) is 3.84. The zero-order chi connectivity index (χ0) is 16.1. The van der Waals surface area contributed by atoms with Gasteiger partial charge in [0, 0.05) is 10.8 Å². The summed E-state index contributed by atoms with van der Waals surface area (Å²) in [6.45, 7) is 0. The van der Waals surface area contributed by atoms with Crippen molar-refractivity contribution in [1.82, 2.24) is 0 Å². The topological polar surface area (TPSA) is 23.8 Å².